The molecule has 0 spiro atoms. The Hall–Kier alpha value is -1.14. The summed E-state index contributed by atoms with van der Waals surface area (Å²) in [5.74, 6) is -0.102. The summed E-state index contributed by atoms with van der Waals surface area (Å²) in [7, 11) is 1.72. The van der Waals surface area contributed by atoms with Crippen LogP contribution in [0.1, 0.15) is 6.42 Å². The highest BCUT2D eigenvalue weighted by molar-refractivity contribution is 7.99. The van der Waals surface area contributed by atoms with Gasteiger partial charge in [0, 0.05) is 18.7 Å². The quantitative estimate of drug-likeness (QED) is 0.481. The van der Waals surface area contributed by atoms with E-state index in [1.165, 1.54) is 23.9 Å². The highest BCUT2D eigenvalue weighted by atomic mass is 35.5. The summed E-state index contributed by atoms with van der Waals surface area (Å²) in [6, 6.07) is 4.00. The number of hydrogen-bond acceptors (Lipinski definition) is 3. The van der Waals surface area contributed by atoms with Crippen LogP contribution < -0.4 is 0 Å². The Balaban J connectivity index is 2.28. The van der Waals surface area contributed by atoms with Crippen molar-refractivity contribution < 1.29 is 8.78 Å². The molecule has 3 nitrogen and oxygen atoms in total. The Morgan fingerprint density at radius 1 is 1.32 bits per heavy atom. The van der Waals surface area contributed by atoms with Crippen LogP contribution in [-0.2, 0) is 7.05 Å². The number of alkyl halides is 1. The van der Waals surface area contributed by atoms with Crippen molar-refractivity contribution in [1.29, 1.82) is 0 Å². The van der Waals surface area contributed by atoms with Crippen LogP contribution >= 0.6 is 23.4 Å². The van der Waals surface area contributed by atoms with Crippen LogP contribution in [0.5, 0.6) is 0 Å². The summed E-state index contributed by atoms with van der Waals surface area (Å²) in [5.41, 5.74) is 0.110. The van der Waals surface area contributed by atoms with Crippen molar-refractivity contribution in [2.75, 3.05) is 11.6 Å². The Morgan fingerprint density at radius 3 is 2.84 bits per heavy atom. The number of thioether (sulfide) groups is 1. The van der Waals surface area contributed by atoms with E-state index in [4.69, 9.17) is 11.6 Å². The van der Waals surface area contributed by atoms with Crippen LogP contribution in [-0.4, -0.2) is 26.4 Å². The number of nitrogens with zero attached hydrogens (tertiary/aromatic N) is 3. The first-order chi connectivity index (χ1) is 9.15. The van der Waals surface area contributed by atoms with Gasteiger partial charge in [0.2, 0.25) is 0 Å². The molecule has 0 aliphatic rings. The molecule has 1 aromatic carbocycles. The third kappa shape index (κ3) is 3.06. The zero-order chi connectivity index (χ0) is 13.8. The maximum absolute atomic E-state index is 13.7. The minimum atomic E-state index is -0.907. The van der Waals surface area contributed by atoms with Crippen LogP contribution in [0.15, 0.2) is 23.4 Å². The molecule has 0 radical (unpaired) electrons. The Labute approximate surface area is 119 Å². The largest absolute Gasteiger partial charge is 0.305 e. The Morgan fingerprint density at radius 2 is 2.11 bits per heavy atom. The molecule has 0 atom stereocenters. The smallest absolute Gasteiger partial charge is 0.191 e. The molecule has 0 saturated heterocycles. The maximum atomic E-state index is 13.7. The maximum Gasteiger partial charge on any atom is 0.191 e. The molecular weight excluding hydrogens is 292 g/mol. The van der Waals surface area contributed by atoms with Crippen LogP contribution in [0, 0.1) is 11.6 Å². The summed E-state index contributed by atoms with van der Waals surface area (Å²) in [6.07, 6.45) is 0.850. The first kappa shape index (κ1) is 14.3. The van der Waals surface area contributed by atoms with Crippen molar-refractivity contribution >= 4 is 23.4 Å². The van der Waals surface area contributed by atoms with E-state index in [0.717, 1.165) is 18.2 Å². The number of benzene rings is 1. The second kappa shape index (κ2) is 6.34. The average Bonchev–Trinajstić information content (AvgIpc) is 2.75. The summed E-state index contributed by atoms with van der Waals surface area (Å²) in [6.45, 7) is 0. The molecule has 19 heavy (non-hydrogen) atoms. The molecule has 0 N–H and O–H groups in total. The zero-order valence-electron chi connectivity index (χ0n) is 10.2. The Kier molecular flexibility index (Phi) is 4.76. The van der Waals surface area contributed by atoms with Crippen LogP contribution in [0.4, 0.5) is 8.78 Å². The van der Waals surface area contributed by atoms with Crippen molar-refractivity contribution in [2.24, 2.45) is 7.05 Å². The molecule has 0 aliphatic heterocycles. The lowest BCUT2D eigenvalue weighted by Crippen LogP contribution is -1.98. The van der Waals surface area contributed by atoms with Crippen LogP contribution in [0.25, 0.3) is 11.4 Å². The van der Waals surface area contributed by atoms with Gasteiger partial charge in [0.05, 0.1) is 5.56 Å². The van der Waals surface area contributed by atoms with E-state index in [9.17, 15) is 8.78 Å². The monoisotopic (exact) mass is 303 g/mol. The third-order valence-electron chi connectivity index (χ3n) is 2.54. The van der Waals surface area contributed by atoms with E-state index >= 15 is 0 Å². The predicted octanol–water partition coefficient (Wildman–Crippen LogP) is 3.48. The second-order valence-corrected chi connectivity index (χ2v) is 5.30. The van der Waals surface area contributed by atoms with E-state index in [1.54, 1.807) is 11.6 Å². The van der Waals surface area contributed by atoms with Gasteiger partial charge in [-0.3, -0.25) is 0 Å². The van der Waals surface area contributed by atoms with Crippen molar-refractivity contribution in [3.05, 3.63) is 29.8 Å². The van der Waals surface area contributed by atoms with Gasteiger partial charge in [-0.25, -0.2) is 8.78 Å². The molecule has 2 rings (SSSR count). The van der Waals surface area contributed by atoms with E-state index in [-0.39, 0.29) is 5.56 Å². The minimum Gasteiger partial charge on any atom is -0.305 e. The van der Waals surface area contributed by atoms with Gasteiger partial charge in [-0.2, -0.15) is 0 Å². The fraction of sp³-hybridized carbons (Fsp3) is 0.333. The van der Waals surface area contributed by atoms with Crippen molar-refractivity contribution in [3.8, 4) is 11.4 Å². The van der Waals surface area contributed by atoms with E-state index in [0.29, 0.717) is 16.9 Å². The van der Waals surface area contributed by atoms with Gasteiger partial charge in [0.25, 0.3) is 0 Å². The average molecular weight is 304 g/mol. The fourth-order valence-corrected chi connectivity index (χ4v) is 2.71. The molecule has 2 aromatic rings. The molecule has 7 heteroatoms. The number of hydrogen-bond donors (Lipinski definition) is 0. The molecule has 1 heterocycles. The van der Waals surface area contributed by atoms with Gasteiger partial charge in [-0.05, 0) is 18.6 Å². The topological polar surface area (TPSA) is 30.7 Å². The summed E-state index contributed by atoms with van der Waals surface area (Å²) in [4.78, 5) is 0. The zero-order valence-corrected chi connectivity index (χ0v) is 11.8. The van der Waals surface area contributed by atoms with Gasteiger partial charge in [-0.15, -0.1) is 21.8 Å². The standard InChI is InChI=1S/C12H12ClF2N3S/c1-18-11(8-4-2-5-9(14)10(8)15)16-17-12(18)19-7-3-6-13/h2,4-5H,3,6-7H2,1H3. The van der Waals surface area contributed by atoms with Crippen molar-refractivity contribution in [2.45, 2.75) is 11.6 Å². The van der Waals surface area contributed by atoms with E-state index in [1.807, 2.05) is 0 Å². The molecule has 1 aromatic heterocycles. The SMILES string of the molecule is Cn1c(SCCCCl)nnc1-c1cccc(F)c1F. The van der Waals surface area contributed by atoms with Gasteiger partial charge in [0.15, 0.2) is 22.6 Å². The molecule has 0 fully saturated rings. The van der Waals surface area contributed by atoms with E-state index < -0.39 is 11.6 Å². The van der Waals surface area contributed by atoms with Crippen molar-refractivity contribution in [3.63, 3.8) is 0 Å². The molecule has 0 amide bonds. The molecule has 0 aliphatic carbocycles. The van der Waals surface area contributed by atoms with Gasteiger partial charge in [0.1, 0.15) is 0 Å². The second-order valence-electron chi connectivity index (χ2n) is 3.86. The minimum absolute atomic E-state index is 0.110. The summed E-state index contributed by atoms with van der Waals surface area (Å²) in [5, 5.41) is 8.55. The molecular formula is C12H12ClF2N3S. The fourth-order valence-electron chi connectivity index (χ4n) is 1.57. The number of rotatable bonds is 5. The summed E-state index contributed by atoms with van der Waals surface area (Å²) >= 11 is 7.09. The van der Waals surface area contributed by atoms with Gasteiger partial charge in [-0.1, -0.05) is 17.8 Å². The third-order valence-corrected chi connectivity index (χ3v) is 3.91. The normalized spacial score (nSPS) is 10.9. The molecule has 102 valence electrons. The van der Waals surface area contributed by atoms with Crippen molar-refractivity contribution in [1.82, 2.24) is 14.8 Å². The predicted molar refractivity (Wildman–Crippen MR) is 72.4 cm³/mol. The number of halogens is 3. The molecule has 0 bridgehead atoms. The first-order valence-corrected chi connectivity index (χ1v) is 7.19. The highest BCUT2D eigenvalue weighted by Gasteiger charge is 2.16. The molecule has 0 saturated carbocycles. The van der Waals surface area contributed by atoms with Gasteiger partial charge < -0.3 is 4.57 Å². The lowest BCUT2D eigenvalue weighted by molar-refractivity contribution is 0.510. The van der Waals surface area contributed by atoms with Crippen LogP contribution in [0.3, 0.4) is 0 Å². The van der Waals surface area contributed by atoms with E-state index in [2.05, 4.69) is 10.2 Å². The number of aromatic nitrogens is 3. The lowest BCUT2D eigenvalue weighted by atomic mass is 10.2. The Bertz CT molecular complexity index is 574. The lowest BCUT2D eigenvalue weighted by Gasteiger charge is -2.04. The van der Waals surface area contributed by atoms with Crippen LogP contribution in [0.2, 0.25) is 0 Å². The summed E-state index contributed by atoms with van der Waals surface area (Å²) < 4.78 is 28.6. The van der Waals surface area contributed by atoms with Gasteiger partial charge >= 0.3 is 0 Å². The highest BCUT2D eigenvalue weighted by Crippen LogP contribution is 2.26. The first-order valence-electron chi connectivity index (χ1n) is 5.67. The molecule has 0 unspecified atom stereocenters.